The van der Waals surface area contributed by atoms with Gasteiger partial charge < -0.3 is 9.67 Å². The number of sulfonamides is 1. The lowest BCUT2D eigenvalue weighted by atomic mass is 9.73. The van der Waals surface area contributed by atoms with E-state index in [1.54, 1.807) is 11.2 Å². The Morgan fingerprint density at radius 1 is 1.21 bits per heavy atom. The predicted molar refractivity (Wildman–Crippen MR) is 107 cm³/mol. The van der Waals surface area contributed by atoms with Crippen LogP contribution in [0, 0.1) is 11.3 Å². The Morgan fingerprint density at radius 2 is 1.96 bits per heavy atom. The van der Waals surface area contributed by atoms with E-state index >= 15 is 0 Å². The summed E-state index contributed by atoms with van der Waals surface area (Å²) < 4.78 is 28.2. The van der Waals surface area contributed by atoms with Gasteiger partial charge in [0, 0.05) is 24.6 Å². The normalized spacial score (nSPS) is 29.1. The molecule has 1 saturated carbocycles. The van der Waals surface area contributed by atoms with Crippen LogP contribution in [0.3, 0.4) is 0 Å². The fourth-order valence-corrected chi connectivity index (χ4v) is 6.90. The van der Waals surface area contributed by atoms with Crippen LogP contribution >= 0.6 is 0 Å². The summed E-state index contributed by atoms with van der Waals surface area (Å²) in [5.74, 6) is 0.277. The van der Waals surface area contributed by atoms with E-state index in [9.17, 15) is 13.5 Å². The third kappa shape index (κ3) is 2.52. The zero-order chi connectivity index (χ0) is 19.5. The Balaban J connectivity index is 1.42. The number of piperidine rings is 1. The van der Waals surface area contributed by atoms with Gasteiger partial charge in [-0.05, 0) is 43.6 Å². The monoisotopic (exact) mass is 401 g/mol. The van der Waals surface area contributed by atoms with E-state index in [1.807, 2.05) is 12.5 Å². The minimum Gasteiger partial charge on any atom is -0.392 e. The second-order valence-corrected chi connectivity index (χ2v) is 10.8. The molecule has 1 N–H and O–H groups in total. The summed E-state index contributed by atoms with van der Waals surface area (Å²) in [6.45, 7) is 2.75. The number of rotatable bonds is 3. The maximum atomic E-state index is 12.2. The first-order valence-corrected chi connectivity index (χ1v) is 11.8. The molecule has 1 saturated heterocycles. The van der Waals surface area contributed by atoms with E-state index in [1.165, 1.54) is 11.1 Å². The summed E-state index contributed by atoms with van der Waals surface area (Å²) in [7, 11) is -3.15. The largest absolute Gasteiger partial charge is 0.392 e. The zero-order valence-corrected chi connectivity index (χ0v) is 17.0. The quantitative estimate of drug-likeness (QED) is 0.858. The highest BCUT2D eigenvalue weighted by atomic mass is 32.2. The van der Waals surface area contributed by atoms with E-state index in [2.05, 4.69) is 33.8 Å². The Hall–Kier alpha value is -1.70. The summed E-state index contributed by atoms with van der Waals surface area (Å²) in [4.78, 5) is 4.35. The van der Waals surface area contributed by atoms with Crippen LogP contribution in [0.5, 0.6) is 0 Å². The fraction of sp³-hybridized carbons (Fsp3) is 0.571. The van der Waals surface area contributed by atoms with Crippen LogP contribution in [0.15, 0.2) is 36.8 Å². The smallest absolute Gasteiger partial charge is 0.213 e. The van der Waals surface area contributed by atoms with E-state index in [-0.39, 0.29) is 23.1 Å². The predicted octanol–water partition coefficient (Wildman–Crippen LogP) is 2.66. The maximum Gasteiger partial charge on any atom is 0.213 e. The van der Waals surface area contributed by atoms with Gasteiger partial charge in [0.05, 0.1) is 36.1 Å². The van der Waals surface area contributed by atoms with Crippen molar-refractivity contribution in [2.45, 2.75) is 44.8 Å². The number of aliphatic hydroxyl groups is 1. The second kappa shape index (κ2) is 6.40. The number of nitrogens with zero attached hydrogens (tertiary/aromatic N) is 3. The van der Waals surface area contributed by atoms with Crippen LogP contribution in [0.4, 0.5) is 0 Å². The first-order chi connectivity index (χ1) is 13.5. The molecule has 7 heteroatoms. The molecule has 2 fully saturated rings. The van der Waals surface area contributed by atoms with Gasteiger partial charge in [-0.1, -0.05) is 24.3 Å². The SMILES string of the molecule is CCS(=O)(=O)N1CCC2(CC[C@@H]([C@H]3c4ccccc4-c4cncn43)[C@@H]2O)CC1. The van der Waals surface area contributed by atoms with Crippen LogP contribution in [-0.2, 0) is 10.0 Å². The van der Waals surface area contributed by atoms with Gasteiger partial charge in [0.1, 0.15) is 0 Å². The number of aliphatic hydroxyl groups excluding tert-OH is 1. The molecule has 0 unspecified atom stereocenters. The molecule has 1 aromatic heterocycles. The Bertz CT molecular complexity index is 992. The van der Waals surface area contributed by atoms with Gasteiger partial charge >= 0.3 is 0 Å². The molecular formula is C21H27N3O3S. The van der Waals surface area contributed by atoms with E-state index in [0.29, 0.717) is 13.1 Å². The van der Waals surface area contributed by atoms with Gasteiger partial charge in [0.25, 0.3) is 0 Å². The lowest BCUT2D eigenvalue weighted by Crippen LogP contribution is -2.47. The van der Waals surface area contributed by atoms with Gasteiger partial charge in [-0.15, -0.1) is 0 Å². The highest BCUT2D eigenvalue weighted by Crippen LogP contribution is 2.55. The van der Waals surface area contributed by atoms with Crippen LogP contribution in [0.1, 0.15) is 44.2 Å². The molecule has 0 bridgehead atoms. The first-order valence-electron chi connectivity index (χ1n) is 10.2. The number of hydrogen-bond acceptors (Lipinski definition) is 4. The van der Waals surface area contributed by atoms with Crippen molar-refractivity contribution in [3.05, 3.63) is 42.4 Å². The lowest BCUT2D eigenvalue weighted by Gasteiger charge is -2.42. The molecule has 0 radical (unpaired) electrons. The number of fused-ring (bicyclic) bond motifs is 3. The van der Waals surface area contributed by atoms with Crippen LogP contribution in [0.25, 0.3) is 11.3 Å². The highest BCUT2D eigenvalue weighted by molar-refractivity contribution is 7.89. The molecule has 1 aromatic carbocycles. The molecule has 1 aliphatic carbocycles. The molecular weight excluding hydrogens is 374 g/mol. The lowest BCUT2D eigenvalue weighted by molar-refractivity contribution is -0.0145. The van der Waals surface area contributed by atoms with Crippen molar-refractivity contribution < 1.29 is 13.5 Å². The first kappa shape index (κ1) is 18.3. The minimum atomic E-state index is -3.15. The molecule has 3 heterocycles. The summed E-state index contributed by atoms with van der Waals surface area (Å²) >= 11 is 0. The van der Waals surface area contributed by atoms with Gasteiger partial charge in [-0.2, -0.15) is 0 Å². The molecule has 2 aliphatic heterocycles. The fourth-order valence-electron chi connectivity index (χ4n) is 5.79. The topological polar surface area (TPSA) is 75.4 Å². The van der Waals surface area contributed by atoms with Crippen molar-refractivity contribution in [3.63, 3.8) is 0 Å². The van der Waals surface area contributed by atoms with E-state index in [0.717, 1.165) is 31.4 Å². The van der Waals surface area contributed by atoms with Gasteiger partial charge in [-0.25, -0.2) is 17.7 Å². The second-order valence-electron chi connectivity index (χ2n) is 8.53. The van der Waals surface area contributed by atoms with Crippen molar-refractivity contribution in [2.75, 3.05) is 18.8 Å². The number of imidazole rings is 1. The molecule has 1 spiro atoms. The molecule has 3 aliphatic rings. The van der Waals surface area contributed by atoms with Crippen molar-refractivity contribution in [3.8, 4) is 11.3 Å². The molecule has 6 nitrogen and oxygen atoms in total. The highest BCUT2D eigenvalue weighted by Gasteiger charge is 2.53. The molecule has 150 valence electrons. The van der Waals surface area contributed by atoms with E-state index in [4.69, 9.17) is 0 Å². The standard InChI is InChI=1S/C21H27N3O3S/c1-2-28(26,27)23-11-9-21(10-12-23)8-7-17(20(21)25)19-16-6-4-3-5-15(16)18-13-22-14-24(18)19/h3-6,13-14,17,19-20,25H,2,7-12H2,1H3/t17-,19+,20-/m0/s1. The van der Waals surface area contributed by atoms with Crippen LogP contribution < -0.4 is 0 Å². The molecule has 28 heavy (non-hydrogen) atoms. The molecule has 5 rings (SSSR count). The third-order valence-electron chi connectivity index (χ3n) is 7.41. The minimum absolute atomic E-state index is 0.112. The van der Waals surface area contributed by atoms with Crippen LogP contribution in [0.2, 0.25) is 0 Å². The Labute approximate surface area is 166 Å². The summed E-state index contributed by atoms with van der Waals surface area (Å²) in [6.07, 6.45) is 6.77. The molecule has 3 atom stereocenters. The number of hydrogen-bond donors (Lipinski definition) is 1. The van der Waals surface area contributed by atoms with E-state index < -0.39 is 16.1 Å². The summed E-state index contributed by atoms with van der Waals surface area (Å²) in [5.41, 5.74) is 3.44. The summed E-state index contributed by atoms with van der Waals surface area (Å²) in [5, 5.41) is 11.5. The number of benzene rings is 1. The average Bonchev–Trinajstić information content (AvgIpc) is 3.38. The van der Waals surface area contributed by atoms with Crippen molar-refractivity contribution in [2.24, 2.45) is 11.3 Å². The number of aromatic nitrogens is 2. The Morgan fingerprint density at radius 3 is 2.71 bits per heavy atom. The Kier molecular flexibility index (Phi) is 4.19. The van der Waals surface area contributed by atoms with Gasteiger partial charge in [0.2, 0.25) is 10.0 Å². The molecule has 0 amide bonds. The zero-order valence-electron chi connectivity index (χ0n) is 16.2. The van der Waals surface area contributed by atoms with Crippen LogP contribution in [-0.4, -0.2) is 52.3 Å². The van der Waals surface area contributed by atoms with Crippen molar-refractivity contribution >= 4 is 10.0 Å². The molecule has 2 aromatic rings. The van der Waals surface area contributed by atoms with Crippen molar-refractivity contribution in [1.82, 2.24) is 13.9 Å². The summed E-state index contributed by atoms with van der Waals surface area (Å²) in [6, 6.07) is 8.53. The van der Waals surface area contributed by atoms with Gasteiger partial charge in [0.15, 0.2) is 0 Å². The van der Waals surface area contributed by atoms with Gasteiger partial charge in [-0.3, -0.25) is 0 Å². The third-order valence-corrected chi connectivity index (χ3v) is 9.29. The average molecular weight is 402 g/mol. The van der Waals surface area contributed by atoms with Crippen molar-refractivity contribution in [1.29, 1.82) is 0 Å². The maximum absolute atomic E-state index is 12.2.